The number of para-hydroxylation sites is 1. The highest BCUT2D eigenvalue weighted by Gasteiger charge is 2.35. The van der Waals surface area contributed by atoms with Gasteiger partial charge in [0.05, 0.1) is 0 Å². The summed E-state index contributed by atoms with van der Waals surface area (Å²) in [6.07, 6.45) is 9.19. The van der Waals surface area contributed by atoms with Crippen molar-refractivity contribution in [1.82, 2.24) is 29.9 Å². The number of carbonyl (C=O) groups is 3. The van der Waals surface area contributed by atoms with Crippen LogP contribution in [0.5, 0.6) is 0 Å². The summed E-state index contributed by atoms with van der Waals surface area (Å²) in [5, 5.41) is 7.34. The second-order valence-corrected chi connectivity index (χ2v) is 14.2. The lowest BCUT2D eigenvalue weighted by molar-refractivity contribution is -0.135. The van der Waals surface area contributed by atoms with E-state index in [1.807, 2.05) is 57.3 Å². The number of benzene rings is 2. The summed E-state index contributed by atoms with van der Waals surface area (Å²) < 4.78 is 0. The van der Waals surface area contributed by atoms with Crippen LogP contribution in [0.4, 0.5) is 15.3 Å². The van der Waals surface area contributed by atoms with Crippen LogP contribution in [0.3, 0.4) is 0 Å². The number of rotatable bonds is 6. The van der Waals surface area contributed by atoms with Crippen LogP contribution in [0.15, 0.2) is 54.7 Å². The highest BCUT2D eigenvalue weighted by atomic mass is 16.2. The van der Waals surface area contributed by atoms with Gasteiger partial charge in [0.25, 0.3) is 0 Å². The standard InChI is InChI=1S/C37H49N7O3/c1-41-17-9-27(10-18-41)28-11-19-42(20-12-28)35(45)34(25-26-6-7-32-30(24-26)8-16-38-32)40-36(46)43-21-14-31(15-22-43)44-23-13-29-4-2-3-5-33(29)39-37(44)47/h2-8,16,24,27-28,31,34,38H,9-15,17-23,25H2,1H3,(H,39,47)(H,40,46). The molecule has 3 N–H and O–H groups in total. The third-order valence-electron chi connectivity index (χ3n) is 11.3. The number of hydrogen-bond donors (Lipinski definition) is 3. The number of hydrogen-bond acceptors (Lipinski definition) is 4. The molecule has 2 aromatic carbocycles. The van der Waals surface area contributed by atoms with Crippen LogP contribution in [0.25, 0.3) is 10.9 Å². The molecule has 0 aliphatic carbocycles. The fourth-order valence-corrected chi connectivity index (χ4v) is 8.34. The third kappa shape index (κ3) is 7.12. The second-order valence-electron chi connectivity index (χ2n) is 14.2. The first kappa shape index (κ1) is 31.5. The predicted molar refractivity (Wildman–Crippen MR) is 184 cm³/mol. The van der Waals surface area contributed by atoms with Crippen LogP contribution in [-0.2, 0) is 17.6 Å². The molecule has 10 heteroatoms. The SMILES string of the molecule is CN1CCC(C2CCN(C(=O)C(Cc3ccc4[nH]ccc4c3)NC(=O)N3CCC(N4CCc5ccccc5NC4=O)CC3)CC2)CC1. The van der Waals surface area contributed by atoms with Crippen molar-refractivity contribution in [1.29, 1.82) is 0 Å². The number of likely N-dealkylation sites (tertiary alicyclic amines) is 3. The van der Waals surface area contributed by atoms with Crippen LogP contribution < -0.4 is 10.6 Å². The molecule has 4 aliphatic heterocycles. The van der Waals surface area contributed by atoms with Crippen LogP contribution in [-0.4, -0.2) is 107 Å². The first-order valence-corrected chi connectivity index (χ1v) is 17.7. The zero-order valence-corrected chi connectivity index (χ0v) is 27.6. The monoisotopic (exact) mass is 639 g/mol. The van der Waals surface area contributed by atoms with Crippen molar-refractivity contribution >= 4 is 34.6 Å². The lowest BCUT2D eigenvalue weighted by atomic mass is 9.79. The number of urea groups is 2. The van der Waals surface area contributed by atoms with Crippen molar-refractivity contribution < 1.29 is 14.4 Å². The molecular formula is C37H49N7O3. The molecule has 3 fully saturated rings. The van der Waals surface area contributed by atoms with E-state index in [4.69, 9.17) is 0 Å². The first-order valence-electron chi connectivity index (χ1n) is 17.7. The average Bonchev–Trinajstić information content (AvgIpc) is 3.50. The van der Waals surface area contributed by atoms with Gasteiger partial charge >= 0.3 is 12.1 Å². The summed E-state index contributed by atoms with van der Waals surface area (Å²) in [6, 6.07) is 15.4. The van der Waals surface area contributed by atoms with Gasteiger partial charge in [-0.25, -0.2) is 9.59 Å². The summed E-state index contributed by atoms with van der Waals surface area (Å²) >= 11 is 0. The summed E-state index contributed by atoms with van der Waals surface area (Å²) in [6.45, 7) is 5.60. The van der Waals surface area contributed by atoms with E-state index in [2.05, 4.69) is 39.7 Å². The number of amides is 5. The summed E-state index contributed by atoms with van der Waals surface area (Å²) in [7, 11) is 2.20. The second kappa shape index (κ2) is 14.0. The van der Waals surface area contributed by atoms with Gasteiger partial charge in [0.1, 0.15) is 6.04 Å². The molecule has 3 aromatic rings. The van der Waals surface area contributed by atoms with Crippen LogP contribution in [0.1, 0.15) is 49.7 Å². The Hall–Kier alpha value is -4.05. The number of carbonyl (C=O) groups excluding carboxylic acids is 3. The topological polar surface area (TPSA) is 104 Å². The molecule has 1 aromatic heterocycles. The van der Waals surface area contributed by atoms with Crippen molar-refractivity contribution in [2.24, 2.45) is 11.8 Å². The van der Waals surface area contributed by atoms with E-state index in [0.29, 0.717) is 44.8 Å². The molecule has 1 atom stereocenters. The summed E-state index contributed by atoms with van der Waals surface area (Å²) in [5.41, 5.74) is 4.12. The number of H-pyrrole nitrogens is 1. The minimum atomic E-state index is -0.633. The number of piperidine rings is 3. The van der Waals surface area contributed by atoms with E-state index < -0.39 is 6.04 Å². The van der Waals surface area contributed by atoms with Crippen molar-refractivity contribution in [2.45, 2.75) is 63.5 Å². The summed E-state index contributed by atoms with van der Waals surface area (Å²) in [4.78, 5) is 52.4. The van der Waals surface area contributed by atoms with Gasteiger partial charge in [-0.3, -0.25) is 4.79 Å². The van der Waals surface area contributed by atoms with Crippen molar-refractivity contribution in [3.05, 3.63) is 65.9 Å². The van der Waals surface area contributed by atoms with Crippen molar-refractivity contribution in [2.75, 3.05) is 58.2 Å². The van der Waals surface area contributed by atoms with E-state index in [1.165, 1.54) is 25.9 Å². The van der Waals surface area contributed by atoms with Gasteiger partial charge in [0.2, 0.25) is 5.91 Å². The Morgan fingerprint density at radius 1 is 0.851 bits per heavy atom. The Morgan fingerprint density at radius 3 is 2.32 bits per heavy atom. The molecule has 5 heterocycles. The average molecular weight is 640 g/mol. The molecule has 4 aliphatic rings. The quantitative estimate of drug-likeness (QED) is 0.356. The number of fused-ring (bicyclic) bond motifs is 2. The molecule has 250 valence electrons. The lowest BCUT2D eigenvalue weighted by Crippen LogP contribution is -2.57. The Labute approximate surface area is 277 Å². The molecule has 0 radical (unpaired) electrons. The molecular weight excluding hydrogens is 590 g/mol. The molecule has 0 bridgehead atoms. The van der Waals surface area contributed by atoms with E-state index in [-0.39, 0.29) is 24.0 Å². The number of aromatic amines is 1. The molecule has 3 saturated heterocycles. The summed E-state index contributed by atoms with van der Waals surface area (Å²) in [5.74, 6) is 1.45. The van der Waals surface area contributed by atoms with Gasteiger partial charge in [-0.1, -0.05) is 24.3 Å². The van der Waals surface area contributed by atoms with Crippen molar-refractivity contribution in [3.63, 3.8) is 0 Å². The third-order valence-corrected chi connectivity index (χ3v) is 11.3. The van der Waals surface area contributed by atoms with E-state index in [9.17, 15) is 14.4 Å². The van der Waals surface area contributed by atoms with Gasteiger partial charge in [0.15, 0.2) is 0 Å². The van der Waals surface area contributed by atoms with Crippen LogP contribution >= 0.6 is 0 Å². The lowest BCUT2D eigenvalue weighted by Gasteiger charge is -2.41. The maximum absolute atomic E-state index is 14.1. The van der Waals surface area contributed by atoms with Crippen LogP contribution in [0, 0.1) is 11.8 Å². The first-order chi connectivity index (χ1) is 22.9. The van der Waals surface area contributed by atoms with Crippen LogP contribution in [0.2, 0.25) is 0 Å². The van der Waals surface area contributed by atoms with Gasteiger partial charge in [-0.15, -0.1) is 0 Å². The number of nitrogens with one attached hydrogen (secondary N) is 3. The number of anilines is 1. The van der Waals surface area contributed by atoms with Crippen molar-refractivity contribution in [3.8, 4) is 0 Å². The Bertz CT molecular complexity index is 1560. The van der Waals surface area contributed by atoms with E-state index in [1.54, 1.807) is 0 Å². The zero-order valence-electron chi connectivity index (χ0n) is 27.6. The molecule has 5 amide bonds. The molecule has 0 spiro atoms. The maximum Gasteiger partial charge on any atom is 0.322 e. The van der Waals surface area contributed by atoms with Gasteiger partial charge in [0, 0.05) is 62.6 Å². The number of aromatic nitrogens is 1. The molecule has 10 nitrogen and oxygen atoms in total. The van der Waals surface area contributed by atoms with Gasteiger partial charge in [-0.2, -0.15) is 0 Å². The van der Waals surface area contributed by atoms with E-state index >= 15 is 0 Å². The van der Waals surface area contributed by atoms with Gasteiger partial charge < -0.3 is 35.2 Å². The molecule has 1 unspecified atom stereocenters. The molecule has 7 rings (SSSR count). The highest BCUT2D eigenvalue weighted by Crippen LogP contribution is 2.32. The Balaban J connectivity index is 0.981. The maximum atomic E-state index is 14.1. The fraction of sp³-hybridized carbons (Fsp3) is 0.541. The Kier molecular flexibility index (Phi) is 9.38. The zero-order chi connectivity index (χ0) is 32.3. The predicted octanol–water partition coefficient (Wildman–Crippen LogP) is 4.92. The van der Waals surface area contributed by atoms with Gasteiger partial charge in [-0.05, 0) is 118 Å². The largest absolute Gasteiger partial charge is 0.361 e. The minimum Gasteiger partial charge on any atom is -0.361 e. The smallest absolute Gasteiger partial charge is 0.322 e. The number of nitrogens with zero attached hydrogens (tertiary/aromatic N) is 4. The highest BCUT2D eigenvalue weighted by molar-refractivity contribution is 5.91. The fourth-order valence-electron chi connectivity index (χ4n) is 8.34. The molecule has 0 saturated carbocycles. The minimum absolute atomic E-state index is 0.0185. The normalized spacial score (nSPS) is 21.3. The van der Waals surface area contributed by atoms with E-state index in [0.717, 1.165) is 66.0 Å². The molecule has 47 heavy (non-hydrogen) atoms. The Morgan fingerprint density at radius 2 is 1.55 bits per heavy atom.